The Bertz CT molecular complexity index is 829. The SMILES string of the molecule is CCN(CC(=O)O)C1CC(NC(=O)Nc2ccc3nc(C(C)C)sc3c2)C1. The molecule has 1 fully saturated rings. The lowest BCUT2D eigenvalue weighted by molar-refractivity contribution is -0.139. The molecule has 1 aromatic carbocycles. The van der Waals surface area contributed by atoms with Crippen LogP contribution in [0.4, 0.5) is 10.5 Å². The van der Waals surface area contributed by atoms with Crippen LogP contribution in [0.3, 0.4) is 0 Å². The number of amides is 2. The molecule has 0 unspecified atom stereocenters. The third-order valence-corrected chi connectivity index (χ3v) is 6.18. The minimum Gasteiger partial charge on any atom is -0.480 e. The summed E-state index contributed by atoms with van der Waals surface area (Å²) in [7, 11) is 0. The molecular weight excluding hydrogens is 364 g/mol. The van der Waals surface area contributed by atoms with Crippen LogP contribution < -0.4 is 10.6 Å². The van der Waals surface area contributed by atoms with Crippen LogP contribution >= 0.6 is 11.3 Å². The van der Waals surface area contributed by atoms with E-state index in [0.29, 0.717) is 12.5 Å². The van der Waals surface area contributed by atoms with Crippen molar-refractivity contribution in [3.63, 3.8) is 0 Å². The second kappa shape index (κ2) is 8.22. The number of nitrogens with zero attached hydrogens (tertiary/aromatic N) is 2. The summed E-state index contributed by atoms with van der Waals surface area (Å²) in [6.45, 7) is 6.94. The minimum atomic E-state index is -0.815. The van der Waals surface area contributed by atoms with Crippen molar-refractivity contribution in [2.45, 2.75) is 51.6 Å². The molecular formula is C19H26N4O3S. The topological polar surface area (TPSA) is 94.6 Å². The van der Waals surface area contributed by atoms with Crippen LogP contribution in [0.15, 0.2) is 18.2 Å². The van der Waals surface area contributed by atoms with Gasteiger partial charge in [0.2, 0.25) is 0 Å². The van der Waals surface area contributed by atoms with E-state index in [4.69, 9.17) is 5.11 Å². The molecule has 0 radical (unpaired) electrons. The van der Waals surface area contributed by atoms with Gasteiger partial charge in [-0.05, 0) is 37.6 Å². The first-order chi connectivity index (χ1) is 12.9. The van der Waals surface area contributed by atoms with E-state index in [-0.39, 0.29) is 24.7 Å². The van der Waals surface area contributed by atoms with Gasteiger partial charge in [0.15, 0.2) is 0 Å². The van der Waals surface area contributed by atoms with Gasteiger partial charge in [-0.3, -0.25) is 9.69 Å². The number of hydrogen-bond donors (Lipinski definition) is 3. The summed E-state index contributed by atoms with van der Waals surface area (Å²) in [6, 6.07) is 5.82. The van der Waals surface area contributed by atoms with Crippen molar-refractivity contribution >= 4 is 39.2 Å². The van der Waals surface area contributed by atoms with E-state index in [0.717, 1.165) is 33.8 Å². The second-order valence-corrected chi connectivity index (χ2v) is 8.33. The lowest BCUT2D eigenvalue weighted by Gasteiger charge is -2.42. The zero-order valence-corrected chi connectivity index (χ0v) is 16.7. The molecule has 1 aromatic heterocycles. The summed E-state index contributed by atoms with van der Waals surface area (Å²) in [5, 5.41) is 15.9. The van der Waals surface area contributed by atoms with Gasteiger partial charge < -0.3 is 15.7 Å². The fourth-order valence-corrected chi connectivity index (χ4v) is 4.31. The molecule has 27 heavy (non-hydrogen) atoms. The third-order valence-electron chi connectivity index (χ3n) is 4.87. The molecule has 0 aliphatic heterocycles. The van der Waals surface area contributed by atoms with E-state index in [9.17, 15) is 9.59 Å². The molecule has 1 saturated carbocycles. The molecule has 2 aromatic rings. The summed E-state index contributed by atoms with van der Waals surface area (Å²) in [6.07, 6.45) is 1.56. The average molecular weight is 391 g/mol. The Kier molecular flexibility index (Phi) is 5.96. The minimum absolute atomic E-state index is 0.0489. The number of carboxylic acids is 1. The lowest BCUT2D eigenvalue weighted by atomic mass is 9.85. The molecule has 146 valence electrons. The van der Waals surface area contributed by atoms with Gasteiger partial charge in [0.05, 0.1) is 21.8 Å². The van der Waals surface area contributed by atoms with Crippen LogP contribution in [0, 0.1) is 0 Å². The van der Waals surface area contributed by atoms with Crippen LogP contribution in [0.2, 0.25) is 0 Å². The second-order valence-electron chi connectivity index (χ2n) is 7.27. The number of fused-ring (bicyclic) bond motifs is 1. The highest BCUT2D eigenvalue weighted by molar-refractivity contribution is 7.18. The lowest BCUT2D eigenvalue weighted by Crippen LogP contribution is -2.55. The molecule has 0 saturated heterocycles. The Morgan fingerprint density at radius 1 is 1.37 bits per heavy atom. The van der Waals surface area contributed by atoms with Gasteiger partial charge in [-0.25, -0.2) is 9.78 Å². The van der Waals surface area contributed by atoms with Crippen LogP contribution in [-0.2, 0) is 4.79 Å². The largest absolute Gasteiger partial charge is 0.480 e. The Morgan fingerprint density at radius 3 is 2.74 bits per heavy atom. The Balaban J connectivity index is 1.51. The number of likely N-dealkylation sites (N-methyl/N-ethyl adjacent to an activating group) is 1. The molecule has 1 heterocycles. The maximum atomic E-state index is 12.2. The Morgan fingerprint density at radius 2 is 2.11 bits per heavy atom. The van der Waals surface area contributed by atoms with E-state index in [1.54, 1.807) is 11.3 Å². The van der Waals surface area contributed by atoms with Crippen molar-refractivity contribution in [1.82, 2.24) is 15.2 Å². The number of aliphatic carboxylic acids is 1. The zero-order chi connectivity index (χ0) is 19.6. The first kappa shape index (κ1) is 19.6. The molecule has 1 aliphatic rings. The van der Waals surface area contributed by atoms with E-state index < -0.39 is 5.97 Å². The average Bonchev–Trinajstić information content (AvgIpc) is 2.99. The van der Waals surface area contributed by atoms with Gasteiger partial charge in [-0.1, -0.05) is 20.8 Å². The number of hydrogen-bond acceptors (Lipinski definition) is 5. The molecule has 0 bridgehead atoms. The molecule has 1 aliphatic carbocycles. The normalized spacial score (nSPS) is 19.3. The molecule has 2 amide bonds. The molecule has 0 atom stereocenters. The first-order valence-corrected chi connectivity index (χ1v) is 10.1. The van der Waals surface area contributed by atoms with E-state index in [1.165, 1.54) is 0 Å². The van der Waals surface area contributed by atoms with Gasteiger partial charge >= 0.3 is 12.0 Å². The van der Waals surface area contributed by atoms with Crippen molar-refractivity contribution in [2.24, 2.45) is 0 Å². The third kappa shape index (κ3) is 4.75. The number of nitrogens with one attached hydrogen (secondary N) is 2. The van der Waals surface area contributed by atoms with Gasteiger partial charge in [0.1, 0.15) is 0 Å². The summed E-state index contributed by atoms with van der Waals surface area (Å²) in [4.78, 5) is 29.7. The predicted molar refractivity (Wildman–Crippen MR) is 108 cm³/mol. The van der Waals surface area contributed by atoms with Crippen LogP contribution in [0.1, 0.15) is 44.5 Å². The van der Waals surface area contributed by atoms with Crippen LogP contribution in [-0.4, -0.2) is 52.2 Å². The molecule has 0 spiro atoms. The Hall–Kier alpha value is -2.19. The van der Waals surface area contributed by atoms with E-state index in [2.05, 4.69) is 29.5 Å². The van der Waals surface area contributed by atoms with Crippen molar-refractivity contribution in [3.8, 4) is 0 Å². The van der Waals surface area contributed by atoms with Gasteiger partial charge in [-0.2, -0.15) is 0 Å². The molecule has 8 heteroatoms. The van der Waals surface area contributed by atoms with Gasteiger partial charge in [0.25, 0.3) is 0 Å². The van der Waals surface area contributed by atoms with E-state index in [1.807, 2.05) is 30.0 Å². The van der Waals surface area contributed by atoms with Crippen molar-refractivity contribution < 1.29 is 14.7 Å². The number of thiazole rings is 1. The zero-order valence-electron chi connectivity index (χ0n) is 15.9. The highest BCUT2D eigenvalue weighted by Gasteiger charge is 2.34. The highest BCUT2D eigenvalue weighted by Crippen LogP contribution is 2.29. The number of anilines is 1. The fraction of sp³-hybridized carbons (Fsp3) is 0.526. The predicted octanol–water partition coefficient (Wildman–Crippen LogP) is 3.48. The summed E-state index contributed by atoms with van der Waals surface area (Å²) < 4.78 is 1.06. The van der Waals surface area contributed by atoms with E-state index >= 15 is 0 Å². The van der Waals surface area contributed by atoms with Crippen molar-refractivity contribution in [2.75, 3.05) is 18.4 Å². The monoisotopic (exact) mass is 390 g/mol. The smallest absolute Gasteiger partial charge is 0.319 e. The maximum absolute atomic E-state index is 12.2. The highest BCUT2D eigenvalue weighted by atomic mass is 32.1. The van der Waals surface area contributed by atoms with Crippen LogP contribution in [0.5, 0.6) is 0 Å². The quantitative estimate of drug-likeness (QED) is 0.673. The van der Waals surface area contributed by atoms with Gasteiger partial charge in [0, 0.05) is 23.7 Å². The molecule has 3 rings (SSSR count). The van der Waals surface area contributed by atoms with Gasteiger partial charge in [-0.15, -0.1) is 11.3 Å². The molecule has 3 N–H and O–H groups in total. The number of carbonyl (C=O) groups excluding carboxylic acids is 1. The van der Waals surface area contributed by atoms with Crippen molar-refractivity contribution in [1.29, 1.82) is 0 Å². The fourth-order valence-electron chi connectivity index (χ4n) is 3.30. The summed E-state index contributed by atoms with van der Waals surface area (Å²) in [5.41, 5.74) is 1.70. The standard InChI is InChI=1S/C19H26N4O3S/c1-4-23(10-17(24)25)14-7-13(8-14)21-19(26)20-12-5-6-15-16(9-12)27-18(22-15)11(2)3/h5-6,9,11,13-14H,4,7-8,10H2,1-3H3,(H,24,25)(H2,20,21,26). The first-order valence-electron chi connectivity index (χ1n) is 9.29. The van der Waals surface area contributed by atoms with Crippen LogP contribution in [0.25, 0.3) is 10.2 Å². The summed E-state index contributed by atoms with van der Waals surface area (Å²) in [5.74, 6) is -0.428. The summed E-state index contributed by atoms with van der Waals surface area (Å²) >= 11 is 1.65. The number of carbonyl (C=O) groups is 2. The number of benzene rings is 1. The Labute approximate surface area is 162 Å². The maximum Gasteiger partial charge on any atom is 0.319 e. The number of rotatable bonds is 7. The number of urea groups is 1. The number of aromatic nitrogens is 1. The molecule has 7 nitrogen and oxygen atoms in total. The number of carboxylic acid groups (broad SMARTS) is 1. The van der Waals surface area contributed by atoms with Crippen molar-refractivity contribution in [3.05, 3.63) is 23.2 Å².